The highest BCUT2D eigenvalue weighted by molar-refractivity contribution is 5.94. The number of pyridine rings is 1. The second-order valence-electron chi connectivity index (χ2n) is 5.72. The first-order valence-corrected chi connectivity index (χ1v) is 7.98. The summed E-state index contributed by atoms with van der Waals surface area (Å²) in [7, 11) is 0. The number of hydrogen-bond acceptors (Lipinski definition) is 5. The van der Waals surface area contributed by atoms with Gasteiger partial charge in [-0.1, -0.05) is 18.2 Å². The van der Waals surface area contributed by atoms with Gasteiger partial charge in [0.25, 0.3) is 5.91 Å². The van der Waals surface area contributed by atoms with E-state index in [1.165, 1.54) is 0 Å². The van der Waals surface area contributed by atoms with Crippen molar-refractivity contribution in [2.75, 3.05) is 31.1 Å². The van der Waals surface area contributed by atoms with Crippen molar-refractivity contribution in [2.24, 2.45) is 0 Å². The SMILES string of the molecule is O=C(c1ccccc1)N1CCN(c2ncnc3ncccc23)CC1. The monoisotopic (exact) mass is 319 g/mol. The molecule has 2 aromatic heterocycles. The van der Waals surface area contributed by atoms with E-state index in [1.54, 1.807) is 12.5 Å². The smallest absolute Gasteiger partial charge is 0.253 e. The Bertz CT molecular complexity index is 854. The lowest BCUT2D eigenvalue weighted by molar-refractivity contribution is 0.0746. The summed E-state index contributed by atoms with van der Waals surface area (Å²) in [5, 5.41) is 0.947. The minimum Gasteiger partial charge on any atom is -0.352 e. The number of anilines is 1. The fourth-order valence-electron chi connectivity index (χ4n) is 3.02. The number of hydrogen-bond donors (Lipinski definition) is 0. The topological polar surface area (TPSA) is 62.2 Å². The molecule has 0 spiro atoms. The van der Waals surface area contributed by atoms with Crippen LogP contribution >= 0.6 is 0 Å². The third-order valence-electron chi connectivity index (χ3n) is 4.27. The molecule has 3 aromatic rings. The Hall–Kier alpha value is -3.02. The van der Waals surface area contributed by atoms with Crippen LogP contribution in [0.2, 0.25) is 0 Å². The van der Waals surface area contributed by atoms with Gasteiger partial charge >= 0.3 is 0 Å². The zero-order chi connectivity index (χ0) is 16.4. The van der Waals surface area contributed by atoms with Crippen LogP contribution in [0.4, 0.5) is 5.82 Å². The van der Waals surface area contributed by atoms with Gasteiger partial charge < -0.3 is 9.80 Å². The van der Waals surface area contributed by atoms with Gasteiger partial charge in [-0.15, -0.1) is 0 Å². The Labute approximate surface area is 139 Å². The van der Waals surface area contributed by atoms with Crippen LogP contribution in [0.3, 0.4) is 0 Å². The van der Waals surface area contributed by atoms with Crippen LogP contribution in [0.15, 0.2) is 55.0 Å². The third kappa shape index (κ3) is 2.67. The lowest BCUT2D eigenvalue weighted by Crippen LogP contribution is -2.49. The predicted octanol–water partition coefficient (Wildman–Crippen LogP) is 1.99. The lowest BCUT2D eigenvalue weighted by Gasteiger charge is -2.35. The van der Waals surface area contributed by atoms with Gasteiger partial charge in [0.1, 0.15) is 12.1 Å². The molecule has 3 heterocycles. The number of nitrogens with zero attached hydrogens (tertiary/aromatic N) is 5. The maximum absolute atomic E-state index is 12.5. The average Bonchev–Trinajstić information content (AvgIpc) is 2.68. The van der Waals surface area contributed by atoms with Gasteiger partial charge in [-0.05, 0) is 24.3 Å². The van der Waals surface area contributed by atoms with Crippen LogP contribution in [0.25, 0.3) is 11.0 Å². The molecule has 1 aromatic carbocycles. The van der Waals surface area contributed by atoms with E-state index in [2.05, 4.69) is 19.9 Å². The summed E-state index contributed by atoms with van der Waals surface area (Å²) in [6, 6.07) is 13.3. The molecule has 6 heteroatoms. The molecular weight excluding hydrogens is 302 g/mol. The lowest BCUT2D eigenvalue weighted by atomic mass is 10.2. The molecule has 120 valence electrons. The second kappa shape index (κ2) is 6.23. The first kappa shape index (κ1) is 14.6. The van der Waals surface area contributed by atoms with Gasteiger partial charge in [-0.2, -0.15) is 0 Å². The van der Waals surface area contributed by atoms with E-state index in [0.717, 1.165) is 29.9 Å². The Kier molecular flexibility index (Phi) is 3.78. The highest BCUT2D eigenvalue weighted by atomic mass is 16.2. The molecule has 0 saturated carbocycles. The number of amides is 1. The maximum Gasteiger partial charge on any atom is 0.253 e. The molecule has 1 fully saturated rings. The molecule has 0 aliphatic carbocycles. The highest BCUT2D eigenvalue weighted by Crippen LogP contribution is 2.22. The summed E-state index contributed by atoms with van der Waals surface area (Å²) in [6.45, 7) is 2.86. The van der Waals surface area contributed by atoms with Crippen molar-refractivity contribution < 1.29 is 4.79 Å². The van der Waals surface area contributed by atoms with E-state index < -0.39 is 0 Å². The molecular formula is C18H17N5O. The molecule has 0 radical (unpaired) electrons. The van der Waals surface area contributed by atoms with Crippen molar-refractivity contribution in [1.82, 2.24) is 19.9 Å². The van der Waals surface area contributed by atoms with E-state index in [4.69, 9.17) is 0 Å². The van der Waals surface area contributed by atoms with Crippen molar-refractivity contribution in [3.8, 4) is 0 Å². The van der Waals surface area contributed by atoms with Crippen molar-refractivity contribution in [3.05, 3.63) is 60.6 Å². The normalized spacial score (nSPS) is 14.8. The van der Waals surface area contributed by atoms with Crippen LogP contribution in [-0.2, 0) is 0 Å². The van der Waals surface area contributed by atoms with E-state index in [0.29, 0.717) is 18.7 Å². The van der Waals surface area contributed by atoms with E-state index in [-0.39, 0.29) is 5.91 Å². The van der Waals surface area contributed by atoms with Gasteiger partial charge in [-0.3, -0.25) is 4.79 Å². The molecule has 1 aliphatic heterocycles. The quantitative estimate of drug-likeness (QED) is 0.723. The summed E-state index contributed by atoms with van der Waals surface area (Å²) < 4.78 is 0. The number of fused-ring (bicyclic) bond motifs is 1. The van der Waals surface area contributed by atoms with Crippen LogP contribution in [-0.4, -0.2) is 51.9 Å². The number of piperazine rings is 1. The minimum atomic E-state index is 0.0875. The molecule has 4 rings (SSSR count). The van der Waals surface area contributed by atoms with Crippen molar-refractivity contribution >= 4 is 22.8 Å². The van der Waals surface area contributed by atoms with Gasteiger partial charge in [0.05, 0.1) is 5.39 Å². The first-order valence-electron chi connectivity index (χ1n) is 7.98. The molecule has 6 nitrogen and oxygen atoms in total. The largest absolute Gasteiger partial charge is 0.352 e. The summed E-state index contributed by atoms with van der Waals surface area (Å²) in [5.74, 6) is 0.976. The Morgan fingerprint density at radius 1 is 0.875 bits per heavy atom. The van der Waals surface area contributed by atoms with Crippen LogP contribution in [0.5, 0.6) is 0 Å². The number of rotatable bonds is 2. The van der Waals surface area contributed by atoms with Crippen molar-refractivity contribution in [1.29, 1.82) is 0 Å². The number of carbonyl (C=O) groups excluding carboxylic acids is 1. The summed E-state index contributed by atoms with van der Waals surface area (Å²) >= 11 is 0. The van der Waals surface area contributed by atoms with Crippen LogP contribution in [0.1, 0.15) is 10.4 Å². The Morgan fingerprint density at radius 2 is 1.67 bits per heavy atom. The summed E-state index contributed by atoms with van der Waals surface area (Å²) in [6.07, 6.45) is 3.28. The van der Waals surface area contributed by atoms with Gasteiger partial charge in [-0.25, -0.2) is 15.0 Å². The fourth-order valence-corrected chi connectivity index (χ4v) is 3.02. The minimum absolute atomic E-state index is 0.0875. The molecule has 1 amide bonds. The molecule has 0 N–H and O–H groups in total. The van der Waals surface area contributed by atoms with E-state index >= 15 is 0 Å². The molecule has 1 aliphatic rings. The molecule has 0 bridgehead atoms. The molecule has 0 atom stereocenters. The second-order valence-corrected chi connectivity index (χ2v) is 5.72. The number of carbonyl (C=O) groups is 1. The molecule has 0 unspecified atom stereocenters. The number of aromatic nitrogens is 3. The van der Waals surface area contributed by atoms with Crippen molar-refractivity contribution in [2.45, 2.75) is 0 Å². The summed E-state index contributed by atoms with van der Waals surface area (Å²) in [4.78, 5) is 29.5. The zero-order valence-corrected chi connectivity index (χ0v) is 13.2. The highest BCUT2D eigenvalue weighted by Gasteiger charge is 2.23. The predicted molar refractivity (Wildman–Crippen MR) is 91.9 cm³/mol. The van der Waals surface area contributed by atoms with Crippen LogP contribution < -0.4 is 4.90 Å². The van der Waals surface area contributed by atoms with E-state index in [1.807, 2.05) is 47.4 Å². The van der Waals surface area contributed by atoms with Crippen molar-refractivity contribution in [3.63, 3.8) is 0 Å². The molecule has 1 saturated heterocycles. The standard InChI is InChI=1S/C18H17N5O/c24-18(14-5-2-1-3-6-14)23-11-9-22(10-12-23)17-15-7-4-8-19-16(15)20-13-21-17/h1-8,13H,9-12H2. The van der Waals surface area contributed by atoms with Crippen LogP contribution in [0, 0.1) is 0 Å². The zero-order valence-electron chi connectivity index (χ0n) is 13.2. The average molecular weight is 319 g/mol. The Morgan fingerprint density at radius 3 is 2.46 bits per heavy atom. The summed E-state index contributed by atoms with van der Waals surface area (Å²) in [5.41, 5.74) is 1.44. The number of benzene rings is 1. The van der Waals surface area contributed by atoms with E-state index in [9.17, 15) is 4.79 Å². The molecule has 24 heavy (non-hydrogen) atoms. The van der Waals surface area contributed by atoms with Gasteiger partial charge in [0.15, 0.2) is 5.65 Å². The van der Waals surface area contributed by atoms with Gasteiger partial charge in [0, 0.05) is 37.9 Å². The fraction of sp³-hybridized carbons (Fsp3) is 0.222. The Balaban J connectivity index is 1.51. The maximum atomic E-state index is 12.5. The van der Waals surface area contributed by atoms with Gasteiger partial charge in [0.2, 0.25) is 0 Å². The first-order chi connectivity index (χ1) is 11.8. The third-order valence-corrected chi connectivity index (χ3v) is 4.27.